The zero-order chi connectivity index (χ0) is 14.9. The molecule has 104 valence electrons. The summed E-state index contributed by atoms with van der Waals surface area (Å²) < 4.78 is 13.3. The first-order chi connectivity index (χ1) is 9.40. The Balaban J connectivity index is 2.36. The zero-order valence-corrected chi connectivity index (χ0v) is 12.2. The summed E-state index contributed by atoms with van der Waals surface area (Å²) in [6, 6.07) is 6.17. The van der Waals surface area contributed by atoms with E-state index in [1.165, 1.54) is 18.2 Å². The van der Waals surface area contributed by atoms with Crippen LogP contribution in [0.3, 0.4) is 0 Å². The van der Waals surface area contributed by atoms with E-state index in [0.717, 1.165) is 12.1 Å². The highest BCUT2D eigenvalue weighted by Gasteiger charge is 2.17. The normalized spacial score (nSPS) is 10.3. The minimum atomic E-state index is -0.687. The molecule has 0 saturated heterocycles. The third-order valence-corrected chi connectivity index (χ3v) is 3.43. The molecule has 7 heteroatoms. The van der Waals surface area contributed by atoms with Crippen LogP contribution in [0.4, 0.5) is 10.1 Å². The Kier molecular flexibility index (Phi) is 4.15. The number of hydrogen-bond acceptors (Lipinski definition) is 3. The van der Waals surface area contributed by atoms with Crippen LogP contribution < -0.4 is 5.32 Å². The Morgan fingerprint density at radius 3 is 2.65 bits per heavy atom. The quantitative estimate of drug-likeness (QED) is 0.711. The second-order valence-corrected chi connectivity index (χ2v) is 5.13. The van der Waals surface area contributed by atoms with Crippen LogP contribution in [-0.4, -0.2) is 16.1 Å². The van der Waals surface area contributed by atoms with Gasteiger partial charge in [-0.05, 0) is 40.2 Å². The van der Waals surface area contributed by atoms with Crippen LogP contribution in [-0.2, 0) is 0 Å². The standard InChI is InChI=1S/C13H8BrClFNO3/c14-8-4-6(16)5-9(15)11(8)17-13(20)7-2-1-3-10(18)12(7)19/h1-5,18-19H,(H,17,20). The fourth-order valence-corrected chi connectivity index (χ4v) is 2.46. The smallest absolute Gasteiger partial charge is 0.259 e. The van der Waals surface area contributed by atoms with E-state index in [0.29, 0.717) is 0 Å². The average molecular weight is 361 g/mol. The highest BCUT2D eigenvalue weighted by molar-refractivity contribution is 9.10. The summed E-state index contributed by atoms with van der Waals surface area (Å²) in [6.07, 6.45) is 0. The number of carbonyl (C=O) groups is 1. The molecule has 2 aromatic carbocycles. The van der Waals surface area contributed by atoms with Gasteiger partial charge in [0.1, 0.15) is 5.82 Å². The fraction of sp³-hybridized carbons (Fsp3) is 0. The molecular weight excluding hydrogens is 353 g/mol. The molecule has 0 spiro atoms. The van der Waals surface area contributed by atoms with E-state index in [9.17, 15) is 19.4 Å². The van der Waals surface area contributed by atoms with Crippen LogP contribution in [0.1, 0.15) is 10.4 Å². The predicted molar refractivity (Wildman–Crippen MR) is 76.8 cm³/mol. The number of carbonyl (C=O) groups excluding carboxylic acids is 1. The molecule has 0 unspecified atom stereocenters. The lowest BCUT2D eigenvalue weighted by Crippen LogP contribution is -2.13. The first kappa shape index (κ1) is 14.6. The van der Waals surface area contributed by atoms with E-state index in [1.807, 2.05) is 0 Å². The average Bonchev–Trinajstić information content (AvgIpc) is 2.36. The maximum Gasteiger partial charge on any atom is 0.259 e. The Morgan fingerprint density at radius 2 is 2.00 bits per heavy atom. The van der Waals surface area contributed by atoms with Gasteiger partial charge in [0.05, 0.1) is 16.3 Å². The van der Waals surface area contributed by atoms with Crippen LogP contribution in [0.5, 0.6) is 11.5 Å². The topological polar surface area (TPSA) is 69.6 Å². The molecule has 0 atom stereocenters. The van der Waals surface area contributed by atoms with Gasteiger partial charge in [0.2, 0.25) is 0 Å². The van der Waals surface area contributed by atoms with Crippen LogP contribution in [0.15, 0.2) is 34.8 Å². The molecule has 0 radical (unpaired) electrons. The Morgan fingerprint density at radius 1 is 1.30 bits per heavy atom. The predicted octanol–water partition coefficient (Wildman–Crippen LogP) is 3.91. The van der Waals surface area contributed by atoms with Gasteiger partial charge in [0, 0.05) is 4.47 Å². The number of halogens is 3. The van der Waals surface area contributed by atoms with Crippen molar-refractivity contribution >= 4 is 39.1 Å². The number of phenols is 2. The third-order valence-electron chi connectivity index (χ3n) is 2.50. The number of rotatable bonds is 2. The maximum atomic E-state index is 13.1. The molecule has 0 aliphatic carbocycles. The van der Waals surface area contributed by atoms with E-state index in [2.05, 4.69) is 21.2 Å². The second-order valence-electron chi connectivity index (χ2n) is 3.87. The summed E-state index contributed by atoms with van der Waals surface area (Å²) in [5, 5.41) is 21.4. The molecule has 0 fully saturated rings. The van der Waals surface area contributed by atoms with Crippen molar-refractivity contribution in [2.75, 3.05) is 5.32 Å². The number of nitrogens with one attached hydrogen (secondary N) is 1. The van der Waals surface area contributed by atoms with Crippen LogP contribution in [0, 0.1) is 5.82 Å². The molecule has 0 bridgehead atoms. The van der Waals surface area contributed by atoms with Crippen LogP contribution >= 0.6 is 27.5 Å². The number of phenolic OH excluding ortho intramolecular Hbond substituents is 2. The fourth-order valence-electron chi connectivity index (χ4n) is 1.56. The van der Waals surface area contributed by atoms with Crippen molar-refractivity contribution in [3.63, 3.8) is 0 Å². The van der Waals surface area contributed by atoms with Gasteiger partial charge in [-0.15, -0.1) is 0 Å². The first-order valence-electron chi connectivity index (χ1n) is 5.37. The molecule has 4 nitrogen and oxygen atoms in total. The van der Waals surface area contributed by atoms with Crippen LogP contribution in [0.2, 0.25) is 5.02 Å². The van der Waals surface area contributed by atoms with Crippen molar-refractivity contribution in [2.45, 2.75) is 0 Å². The minimum Gasteiger partial charge on any atom is -0.504 e. The summed E-state index contributed by atoms with van der Waals surface area (Å²) in [4.78, 5) is 12.0. The molecule has 0 aliphatic heterocycles. The van der Waals surface area contributed by atoms with E-state index in [4.69, 9.17) is 11.6 Å². The van der Waals surface area contributed by atoms with Gasteiger partial charge in [0.25, 0.3) is 5.91 Å². The third kappa shape index (κ3) is 2.86. The highest BCUT2D eigenvalue weighted by atomic mass is 79.9. The highest BCUT2D eigenvalue weighted by Crippen LogP contribution is 2.34. The lowest BCUT2D eigenvalue weighted by molar-refractivity contribution is 0.102. The molecule has 20 heavy (non-hydrogen) atoms. The van der Waals surface area contributed by atoms with Gasteiger partial charge in [-0.3, -0.25) is 4.79 Å². The summed E-state index contributed by atoms with van der Waals surface area (Å²) in [6.45, 7) is 0. The molecular formula is C13H8BrClFNO3. The largest absolute Gasteiger partial charge is 0.504 e. The van der Waals surface area contributed by atoms with Gasteiger partial charge < -0.3 is 15.5 Å². The van der Waals surface area contributed by atoms with E-state index in [1.54, 1.807) is 0 Å². The number of para-hydroxylation sites is 1. The van der Waals surface area contributed by atoms with Crippen molar-refractivity contribution in [3.8, 4) is 11.5 Å². The zero-order valence-electron chi connectivity index (χ0n) is 9.82. The number of aromatic hydroxyl groups is 2. The monoisotopic (exact) mass is 359 g/mol. The molecule has 0 heterocycles. The summed E-state index contributed by atoms with van der Waals surface area (Å²) in [5.74, 6) is -2.20. The van der Waals surface area contributed by atoms with Crippen molar-refractivity contribution < 1.29 is 19.4 Å². The Bertz CT molecular complexity index is 670. The van der Waals surface area contributed by atoms with Gasteiger partial charge in [-0.25, -0.2) is 4.39 Å². The summed E-state index contributed by atoms with van der Waals surface area (Å²) in [7, 11) is 0. The molecule has 1 amide bonds. The Hall–Kier alpha value is -1.79. The number of hydrogen-bond donors (Lipinski definition) is 3. The number of anilines is 1. The summed E-state index contributed by atoms with van der Waals surface area (Å²) >= 11 is 8.92. The van der Waals surface area contributed by atoms with E-state index >= 15 is 0 Å². The van der Waals surface area contributed by atoms with Gasteiger partial charge >= 0.3 is 0 Å². The second kappa shape index (κ2) is 5.68. The van der Waals surface area contributed by atoms with Crippen molar-refractivity contribution in [3.05, 3.63) is 51.2 Å². The van der Waals surface area contributed by atoms with Gasteiger partial charge in [-0.1, -0.05) is 17.7 Å². The first-order valence-corrected chi connectivity index (χ1v) is 6.54. The Labute approximate surface area is 126 Å². The van der Waals surface area contributed by atoms with E-state index < -0.39 is 23.2 Å². The molecule has 3 N–H and O–H groups in total. The van der Waals surface area contributed by atoms with Crippen molar-refractivity contribution in [1.29, 1.82) is 0 Å². The molecule has 2 aromatic rings. The van der Waals surface area contributed by atoms with Crippen molar-refractivity contribution in [2.24, 2.45) is 0 Å². The number of benzene rings is 2. The molecule has 0 aromatic heterocycles. The molecule has 0 saturated carbocycles. The maximum absolute atomic E-state index is 13.1. The lowest BCUT2D eigenvalue weighted by Gasteiger charge is -2.11. The SMILES string of the molecule is O=C(Nc1c(Cl)cc(F)cc1Br)c1cccc(O)c1O. The molecule has 0 aliphatic rings. The number of amides is 1. The van der Waals surface area contributed by atoms with Crippen LogP contribution in [0.25, 0.3) is 0 Å². The van der Waals surface area contributed by atoms with Gasteiger partial charge in [0.15, 0.2) is 11.5 Å². The lowest BCUT2D eigenvalue weighted by atomic mass is 10.1. The minimum absolute atomic E-state index is 0.00451. The van der Waals surface area contributed by atoms with Gasteiger partial charge in [-0.2, -0.15) is 0 Å². The van der Waals surface area contributed by atoms with E-state index in [-0.39, 0.29) is 20.7 Å². The van der Waals surface area contributed by atoms with Crippen molar-refractivity contribution in [1.82, 2.24) is 0 Å². The molecule has 2 rings (SSSR count). The summed E-state index contributed by atoms with van der Waals surface area (Å²) in [5.41, 5.74) is 0.0399.